The highest BCUT2D eigenvalue weighted by Gasteiger charge is 2.33. The number of aromatic amines is 1. The third kappa shape index (κ3) is 2.40. The summed E-state index contributed by atoms with van der Waals surface area (Å²) in [5.41, 5.74) is 3.35. The molecule has 0 atom stereocenters. The highest BCUT2D eigenvalue weighted by molar-refractivity contribution is 5.49. The topological polar surface area (TPSA) is 91.9 Å². The van der Waals surface area contributed by atoms with Crippen molar-refractivity contribution in [3.05, 3.63) is 22.0 Å². The number of nitriles is 1. The van der Waals surface area contributed by atoms with Crippen LogP contribution in [0.1, 0.15) is 5.56 Å². The average Bonchev–Trinajstić information content (AvgIpc) is 2.11. The lowest BCUT2D eigenvalue weighted by Gasteiger charge is -2.09. The van der Waals surface area contributed by atoms with Crippen molar-refractivity contribution in [1.29, 1.82) is 5.26 Å². The van der Waals surface area contributed by atoms with Gasteiger partial charge < -0.3 is 15.5 Å². The van der Waals surface area contributed by atoms with E-state index < -0.39 is 28.9 Å². The number of nitrogens with one attached hydrogen (secondary N) is 1. The van der Waals surface area contributed by atoms with E-state index in [0.29, 0.717) is 0 Å². The molecule has 0 aliphatic heterocycles. The number of hydrogen-bond donors (Lipinski definition) is 2. The maximum absolute atomic E-state index is 11.8. The van der Waals surface area contributed by atoms with Gasteiger partial charge in [-0.15, -0.1) is 13.2 Å². The van der Waals surface area contributed by atoms with Gasteiger partial charge in [0.15, 0.2) is 0 Å². The van der Waals surface area contributed by atoms with Crippen molar-refractivity contribution in [2.24, 2.45) is 0 Å². The number of ether oxygens (including phenoxy) is 1. The lowest BCUT2D eigenvalue weighted by Crippen LogP contribution is -2.24. The Balaban J connectivity index is 3.30. The Labute approximate surface area is 80.9 Å². The Morgan fingerprint density at radius 1 is 1.53 bits per heavy atom. The highest BCUT2D eigenvalue weighted by atomic mass is 19.4. The van der Waals surface area contributed by atoms with E-state index in [9.17, 15) is 18.0 Å². The number of nitrogens with two attached hydrogens (primary N) is 1. The summed E-state index contributed by atoms with van der Waals surface area (Å²) in [6, 6.07) is 1.40. The summed E-state index contributed by atoms with van der Waals surface area (Å²) in [4.78, 5) is 13.3. The van der Waals surface area contributed by atoms with Crippen molar-refractivity contribution >= 4 is 5.82 Å². The van der Waals surface area contributed by atoms with Gasteiger partial charge in [-0.05, 0) is 0 Å². The van der Waals surface area contributed by atoms with Gasteiger partial charge in [0.2, 0.25) is 11.2 Å². The molecular weight excluding hydrogens is 215 g/mol. The first-order valence-corrected chi connectivity index (χ1v) is 3.52. The number of anilines is 1. The van der Waals surface area contributed by atoms with Crippen LogP contribution in [-0.4, -0.2) is 11.3 Å². The monoisotopic (exact) mass is 219 g/mol. The predicted octanol–water partition coefficient (Wildman–Crippen LogP) is 0.727. The fourth-order valence-electron chi connectivity index (χ4n) is 0.826. The zero-order valence-corrected chi connectivity index (χ0v) is 7.05. The van der Waals surface area contributed by atoms with Crippen LogP contribution >= 0.6 is 0 Å². The molecular formula is C7H4F3N3O2. The molecule has 0 saturated heterocycles. The van der Waals surface area contributed by atoms with E-state index in [4.69, 9.17) is 11.0 Å². The van der Waals surface area contributed by atoms with Crippen molar-refractivity contribution in [3.63, 3.8) is 0 Å². The van der Waals surface area contributed by atoms with E-state index in [1.54, 1.807) is 0 Å². The molecule has 5 nitrogen and oxygen atoms in total. The van der Waals surface area contributed by atoms with Gasteiger partial charge in [0, 0.05) is 6.20 Å². The van der Waals surface area contributed by atoms with E-state index in [1.807, 2.05) is 0 Å². The minimum absolute atomic E-state index is 0.511. The van der Waals surface area contributed by atoms with Crippen molar-refractivity contribution < 1.29 is 17.9 Å². The molecule has 0 aliphatic carbocycles. The summed E-state index contributed by atoms with van der Waals surface area (Å²) in [7, 11) is 0. The Bertz CT molecular complexity index is 472. The maximum atomic E-state index is 11.8. The number of hydrogen-bond acceptors (Lipinski definition) is 4. The predicted molar refractivity (Wildman–Crippen MR) is 42.9 cm³/mol. The van der Waals surface area contributed by atoms with Crippen LogP contribution in [0, 0.1) is 11.3 Å². The number of halogens is 3. The van der Waals surface area contributed by atoms with Gasteiger partial charge in [-0.2, -0.15) is 5.26 Å². The SMILES string of the molecule is N#Cc1c[nH]c(N)c(OC(F)(F)F)c1=O. The minimum Gasteiger partial charge on any atom is -0.398 e. The molecule has 3 N–H and O–H groups in total. The van der Waals surface area contributed by atoms with E-state index in [-0.39, 0.29) is 0 Å². The maximum Gasteiger partial charge on any atom is 0.573 e. The fraction of sp³-hybridized carbons (Fsp3) is 0.143. The fourth-order valence-corrected chi connectivity index (χ4v) is 0.826. The molecule has 15 heavy (non-hydrogen) atoms. The standard InChI is InChI=1S/C7H4F3N3O2/c8-7(9,10)15-5-4(14)3(1-11)2-13-6(5)12/h2H,(H3,12,13,14). The number of pyridine rings is 1. The number of rotatable bonds is 1. The van der Waals surface area contributed by atoms with Crippen LogP contribution in [-0.2, 0) is 0 Å². The lowest BCUT2D eigenvalue weighted by molar-refractivity contribution is -0.274. The van der Waals surface area contributed by atoms with Crippen LogP contribution in [0.15, 0.2) is 11.0 Å². The first kappa shape index (κ1) is 10.9. The smallest absolute Gasteiger partial charge is 0.398 e. The lowest BCUT2D eigenvalue weighted by atomic mass is 10.3. The van der Waals surface area contributed by atoms with Gasteiger partial charge >= 0.3 is 6.36 Å². The van der Waals surface area contributed by atoms with E-state index >= 15 is 0 Å². The average molecular weight is 219 g/mol. The first-order chi connectivity index (χ1) is 6.85. The number of nitrogen functional groups attached to an aromatic ring is 1. The Kier molecular flexibility index (Phi) is 2.57. The van der Waals surface area contributed by atoms with Crippen molar-refractivity contribution in [2.75, 3.05) is 5.73 Å². The molecule has 1 rings (SSSR count). The zero-order valence-electron chi connectivity index (χ0n) is 7.05. The summed E-state index contributed by atoms with van der Waals surface area (Å²) >= 11 is 0. The third-order valence-corrected chi connectivity index (χ3v) is 1.41. The number of alkyl halides is 3. The molecule has 0 fully saturated rings. The van der Waals surface area contributed by atoms with Gasteiger partial charge in [-0.1, -0.05) is 0 Å². The molecule has 0 radical (unpaired) electrons. The van der Waals surface area contributed by atoms with Gasteiger partial charge in [-0.3, -0.25) is 4.79 Å². The molecule has 8 heteroatoms. The Hall–Kier alpha value is -2.17. The van der Waals surface area contributed by atoms with Gasteiger partial charge in [0.25, 0.3) is 0 Å². The van der Waals surface area contributed by atoms with Gasteiger partial charge in [0.05, 0.1) is 0 Å². The van der Waals surface area contributed by atoms with Crippen LogP contribution in [0.25, 0.3) is 0 Å². The molecule has 1 heterocycles. The zero-order chi connectivity index (χ0) is 11.6. The summed E-state index contributed by atoms with van der Waals surface area (Å²) in [6.45, 7) is 0. The highest BCUT2D eigenvalue weighted by Crippen LogP contribution is 2.23. The molecule has 0 bridgehead atoms. The molecule has 0 saturated carbocycles. The van der Waals surface area contributed by atoms with Crippen molar-refractivity contribution in [2.45, 2.75) is 6.36 Å². The molecule has 0 aliphatic rings. The van der Waals surface area contributed by atoms with Crippen LogP contribution in [0.5, 0.6) is 5.75 Å². The second-order valence-corrected chi connectivity index (χ2v) is 2.43. The largest absolute Gasteiger partial charge is 0.573 e. The molecule has 80 valence electrons. The van der Waals surface area contributed by atoms with Gasteiger partial charge in [-0.25, -0.2) is 0 Å². The molecule has 0 spiro atoms. The number of aromatic nitrogens is 1. The summed E-state index contributed by atoms with van der Waals surface area (Å²) < 4.78 is 38.9. The van der Waals surface area contributed by atoms with Crippen LogP contribution in [0.3, 0.4) is 0 Å². The summed E-state index contributed by atoms with van der Waals surface area (Å²) in [5.74, 6) is -1.71. The second kappa shape index (κ2) is 3.53. The molecule has 1 aromatic rings. The Morgan fingerprint density at radius 3 is 2.60 bits per heavy atom. The van der Waals surface area contributed by atoms with Crippen LogP contribution in [0.4, 0.5) is 19.0 Å². The minimum atomic E-state index is -5.03. The molecule has 0 unspecified atom stereocenters. The van der Waals surface area contributed by atoms with Crippen LogP contribution in [0.2, 0.25) is 0 Å². The summed E-state index contributed by atoms with van der Waals surface area (Å²) in [5, 5.41) is 8.38. The molecule has 0 amide bonds. The number of nitrogens with zero attached hydrogens (tertiary/aromatic N) is 1. The second-order valence-electron chi connectivity index (χ2n) is 2.43. The normalized spacial score (nSPS) is 10.8. The van der Waals surface area contributed by atoms with Crippen LogP contribution < -0.4 is 15.9 Å². The van der Waals surface area contributed by atoms with E-state index in [0.717, 1.165) is 6.20 Å². The molecule has 0 aromatic carbocycles. The summed E-state index contributed by atoms with van der Waals surface area (Å²) in [6.07, 6.45) is -4.13. The van der Waals surface area contributed by atoms with E-state index in [2.05, 4.69) is 9.72 Å². The Morgan fingerprint density at radius 2 is 2.13 bits per heavy atom. The van der Waals surface area contributed by atoms with E-state index in [1.165, 1.54) is 6.07 Å². The quantitative estimate of drug-likeness (QED) is 0.728. The number of H-pyrrole nitrogens is 1. The van der Waals surface area contributed by atoms with Crippen molar-refractivity contribution in [3.8, 4) is 11.8 Å². The molecule has 1 aromatic heterocycles. The third-order valence-electron chi connectivity index (χ3n) is 1.41. The van der Waals surface area contributed by atoms with Gasteiger partial charge in [0.1, 0.15) is 17.5 Å². The van der Waals surface area contributed by atoms with Crippen molar-refractivity contribution in [1.82, 2.24) is 4.98 Å². The first-order valence-electron chi connectivity index (χ1n) is 3.52.